The van der Waals surface area contributed by atoms with Gasteiger partial charge in [-0.05, 0) is 43.8 Å². The van der Waals surface area contributed by atoms with E-state index in [4.69, 9.17) is 17.0 Å². The number of nitrogens with one attached hydrogen (secondary N) is 3. The van der Waals surface area contributed by atoms with Crippen LogP contribution in [0.4, 0.5) is 5.00 Å². The highest BCUT2D eigenvalue weighted by atomic mass is 32.1. The Morgan fingerprint density at radius 2 is 1.69 bits per heavy atom. The lowest BCUT2D eigenvalue weighted by molar-refractivity contribution is 0.0601. The first-order chi connectivity index (χ1) is 13.6. The fourth-order valence-corrected chi connectivity index (χ4v) is 3.82. The topological polar surface area (TPSA) is 99.8 Å². The van der Waals surface area contributed by atoms with Gasteiger partial charge in [0.15, 0.2) is 5.11 Å². The Labute approximate surface area is 178 Å². The van der Waals surface area contributed by atoms with E-state index in [-0.39, 0.29) is 22.5 Å². The maximum Gasteiger partial charge on any atom is 0.341 e. The summed E-state index contributed by atoms with van der Waals surface area (Å²) < 4.78 is 4.83. The van der Waals surface area contributed by atoms with E-state index < -0.39 is 5.97 Å². The quantitative estimate of drug-likeness (QED) is 0.386. The molecule has 0 saturated heterocycles. The lowest BCUT2D eigenvalue weighted by Gasteiger charge is -2.11. The van der Waals surface area contributed by atoms with Crippen LogP contribution >= 0.6 is 23.6 Å². The molecule has 0 fully saturated rings. The maximum atomic E-state index is 12.4. The van der Waals surface area contributed by atoms with E-state index in [0.29, 0.717) is 21.0 Å². The molecule has 3 N–H and O–H groups in total. The van der Waals surface area contributed by atoms with Crippen molar-refractivity contribution in [3.8, 4) is 0 Å². The van der Waals surface area contributed by atoms with Gasteiger partial charge in [-0.1, -0.05) is 17.7 Å². The number of aryl methyl sites for hydroxylation is 1. The zero-order valence-corrected chi connectivity index (χ0v) is 18.3. The zero-order valence-electron chi connectivity index (χ0n) is 16.7. The summed E-state index contributed by atoms with van der Waals surface area (Å²) in [4.78, 5) is 38.6. The van der Waals surface area contributed by atoms with Crippen molar-refractivity contribution in [3.63, 3.8) is 0 Å². The minimum absolute atomic E-state index is 0.0562. The molecular weight excluding hydrogens is 412 g/mol. The fourth-order valence-electron chi connectivity index (χ4n) is 2.38. The average Bonchev–Trinajstić information content (AvgIpc) is 3.01. The molecule has 0 radical (unpaired) electrons. The number of carbonyl (C=O) groups excluding carboxylic acids is 3. The first-order valence-electron chi connectivity index (χ1n) is 8.53. The Morgan fingerprint density at radius 1 is 1.07 bits per heavy atom. The van der Waals surface area contributed by atoms with E-state index in [1.807, 2.05) is 19.1 Å². The predicted molar refractivity (Wildman–Crippen MR) is 116 cm³/mol. The van der Waals surface area contributed by atoms with Crippen LogP contribution in [-0.2, 0) is 4.74 Å². The Morgan fingerprint density at radius 3 is 2.24 bits per heavy atom. The molecule has 8 nitrogen and oxygen atoms in total. The highest BCUT2D eigenvalue weighted by molar-refractivity contribution is 7.80. The van der Waals surface area contributed by atoms with Crippen molar-refractivity contribution < 1.29 is 19.1 Å². The fraction of sp³-hybridized carbons (Fsp3) is 0.263. The molecule has 0 aliphatic rings. The van der Waals surface area contributed by atoms with Gasteiger partial charge in [-0.3, -0.25) is 20.4 Å². The molecule has 2 aromatic rings. The summed E-state index contributed by atoms with van der Waals surface area (Å²) in [6.45, 7) is 3.59. The number of rotatable bonds is 4. The molecule has 2 amide bonds. The number of thiophene rings is 1. The van der Waals surface area contributed by atoms with Gasteiger partial charge in [-0.25, -0.2) is 4.79 Å². The summed E-state index contributed by atoms with van der Waals surface area (Å²) in [5.74, 6) is -1.20. The molecule has 0 unspecified atom stereocenters. The van der Waals surface area contributed by atoms with E-state index in [0.717, 1.165) is 16.9 Å². The first kappa shape index (κ1) is 22.3. The number of anilines is 1. The van der Waals surface area contributed by atoms with Crippen LogP contribution < -0.4 is 16.2 Å². The number of amides is 2. The van der Waals surface area contributed by atoms with Crippen LogP contribution in [0.3, 0.4) is 0 Å². The maximum absolute atomic E-state index is 12.4. The minimum Gasteiger partial charge on any atom is -0.465 e. The van der Waals surface area contributed by atoms with Gasteiger partial charge in [-0.15, -0.1) is 11.3 Å². The number of thiocarbonyl (C=S) groups is 1. The van der Waals surface area contributed by atoms with E-state index in [1.165, 1.54) is 12.0 Å². The van der Waals surface area contributed by atoms with Crippen LogP contribution in [0.25, 0.3) is 0 Å². The SMILES string of the molecule is COC(=O)c1c(NC(=S)NNC(=O)c2ccc(C)cc2)sc(C(=O)N(C)C)c1C. The Hall–Kier alpha value is -2.98. The Kier molecular flexibility index (Phi) is 7.29. The number of nitrogens with zero attached hydrogens (tertiary/aromatic N) is 1. The molecule has 2 rings (SSSR count). The number of hydrogen-bond acceptors (Lipinski definition) is 6. The third-order valence-corrected chi connectivity index (χ3v) is 5.37. The number of hydrazine groups is 1. The van der Waals surface area contributed by atoms with Crippen molar-refractivity contribution in [3.05, 3.63) is 51.4 Å². The molecule has 0 bridgehead atoms. The first-order valence-corrected chi connectivity index (χ1v) is 9.75. The molecule has 1 aromatic carbocycles. The summed E-state index contributed by atoms with van der Waals surface area (Å²) in [6, 6.07) is 7.04. The molecule has 1 aromatic heterocycles. The Bertz CT molecular complexity index is 952. The van der Waals surface area contributed by atoms with Crippen LogP contribution in [0.5, 0.6) is 0 Å². The van der Waals surface area contributed by atoms with E-state index in [2.05, 4.69) is 16.2 Å². The van der Waals surface area contributed by atoms with Crippen molar-refractivity contribution in [2.45, 2.75) is 13.8 Å². The number of benzene rings is 1. The monoisotopic (exact) mass is 434 g/mol. The summed E-state index contributed by atoms with van der Waals surface area (Å²) in [5, 5.41) is 3.25. The van der Waals surface area contributed by atoms with Gasteiger partial charge in [0.05, 0.1) is 17.6 Å². The normalized spacial score (nSPS) is 10.1. The van der Waals surface area contributed by atoms with E-state index in [9.17, 15) is 14.4 Å². The van der Waals surface area contributed by atoms with Gasteiger partial charge in [0.1, 0.15) is 5.00 Å². The minimum atomic E-state index is -0.592. The average molecular weight is 435 g/mol. The highest BCUT2D eigenvalue weighted by Gasteiger charge is 2.26. The molecule has 154 valence electrons. The molecular formula is C19H22N4O4S2. The van der Waals surface area contributed by atoms with Gasteiger partial charge >= 0.3 is 5.97 Å². The standard InChI is InChI=1S/C19H22N4O4S2/c1-10-6-8-12(9-7-10)15(24)21-22-19(28)20-16-13(18(26)27-5)11(2)14(29-16)17(25)23(3)4/h6-9H,1-5H3,(H,21,24)(H2,20,22,28). The molecule has 0 atom stereocenters. The second-order valence-corrected chi connectivity index (χ2v) is 7.78. The second-order valence-electron chi connectivity index (χ2n) is 6.35. The van der Waals surface area contributed by atoms with Crippen LogP contribution in [0.2, 0.25) is 0 Å². The van der Waals surface area contributed by atoms with E-state index >= 15 is 0 Å². The number of methoxy groups -OCH3 is 1. The number of ether oxygens (including phenoxy) is 1. The van der Waals surface area contributed by atoms with Crippen LogP contribution in [0.1, 0.15) is 41.5 Å². The van der Waals surface area contributed by atoms with Gasteiger partial charge in [0, 0.05) is 19.7 Å². The molecule has 29 heavy (non-hydrogen) atoms. The lowest BCUT2D eigenvalue weighted by Crippen LogP contribution is -2.43. The summed E-state index contributed by atoms with van der Waals surface area (Å²) >= 11 is 6.28. The number of carbonyl (C=O) groups is 3. The van der Waals surface area contributed by atoms with Gasteiger partial charge < -0.3 is 15.0 Å². The largest absolute Gasteiger partial charge is 0.465 e. The van der Waals surface area contributed by atoms with Crippen molar-refractivity contribution in [1.82, 2.24) is 15.8 Å². The van der Waals surface area contributed by atoms with Gasteiger partial charge in [-0.2, -0.15) is 0 Å². The highest BCUT2D eigenvalue weighted by Crippen LogP contribution is 2.34. The van der Waals surface area contributed by atoms with Crippen molar-refractivity contribution in [1.29, 1.82) is 0 Å². The summed E-state index contributed by atoms with van der Waals surface area (Å²) in [7, 11) is 4.51. The molecule has 0 aliphatic heterocycles. The third-order valence-electron chi connectivity index (χ3n) is 3.97. The van der Waals surface area contributed by atoms with Crippen LogP contribution in [0, 0.1) is 13.8 Å². The summed E-state index contributed by atoms with van der Waals surface area (Å²) in [6.07, 6.45) is 0. The zero-order chi connectivity index (χ0) is 21.7. The molecule has 0 saturated carbocycles. The smallest absolute Gasteiger partial charge is 0.341 e. The molecule has 10 heteroatoms. The van der Waals surface area contributed by atoms with Gasteiger partial charge in [0.2, 0.25) is 0 Å². The third kappa shape index (κ3) is 5.30. The van der Waals surface area contributed by atoms with E-state index in [1.54, 1.807) is 33.2 Å². The number of esters is 1. The molecule has 0 spiro atoms. The van der Waals surface area contributed by atoms with Crippen LogP contribution in [0.15, 0.2) is 24.3 Å². The number of hydrogen-bond donors (Lipinski definition) is 3. The van der Waals surface area contributed by atoms with Crippen LogP contribution in [-0.4, -0.2) is 49.0 Å². The van der Waals surface area contributed by atoms with Crippen molar-refractivity contribution in [2.24, 2.45) is 0 Å². The van der Waals surface area contributed by atoms with Crippen molar-refractivity contribution in [2.75, 3.05) is 26.5 Å². The van der Waals surface area contributed by atoms with Gasteiger partial charge in [0.25, 0.3) is 11.8 Å². The molecule has 0 aliphatic carbocycles. The Balaban J connectivity index is 2.15. The molecule has 1 heterocycles. The second kappa shape index (κ2) is 9.48. The lowest BCUT2D eigenvalue weighted by atomic mass is 10.1. The van der Waals surface area contributed by atoms with Crippen molar-refractivity contribution >= 4 is 51.5 Å². The summed E-state index contributed by atoms with van der Waals surface area (Å²) in [5.41, 5.74) is 7.29. The predicted octanol–water partition coefficient (Wildman–Crippen LogP) is 2.48.